The van der Waals surface area contributed by atoms with Crippen molar-refractivity contribution in [1.82, 2.24) is 25.5 Å². The Morgan fingerprint density at radius 3 is 2.42 bits per heavy atom. The maximum atomic E-state index is 12.4. The van der Waals surface area contributed by atoms with E-state index < -0.39 is 12.0 Å². The molecule has 9 heteroatoms. The Kier molecular flexibility index (Phi) is 5.32. The Labute approximate surface area is 138 Å². The predicted octanol–water partition coefficient (Wildman–Crippen LogP) is 2.17. The SMILES string of the molecule is CC(C)(C)N1CCC(NC(=O)NCc2cnc(C(F)(F)F)nc2)C1. The number of carbonyl (C=O) groups is 1. The van der Waals surface area contributed by atoms with Gasteiger partial charge >= 0.3 is 12.2 Å². The first-order valence-corrected chi connectivity index (χ1v) is 7.73. The van der Waals surface area contributed by atoms with E-state index in [1.54, 1.807) is 0 Å². The van der Waals surface area contributed by atoms with Gasteiger partial charge in [0.05, 0.1) is 0 Å². The van der Waals surface area contributed by atoms with Gasteiger partial charge in [-0.2, -0.15) is 13.2 Å². The van der Waals surface area contributed by atoms with E-state index in [0.29, 0.717) is 5.56 Å². The van der Waals surface area contributed by atoms with Crippen LogP contribution in [-0.4, -0.2) is 45.6 Å². The molecule has 2 heterocycles. The topological polar surface area (TPSA) is 70.2 Å². The molecule has 1 aliphatic heterocycles. The van der Waals surface area contributed by atoms with Crippen molar-refractivity contribution in [3.63, 3.8) is 0 Å². The Morgan fingerprint density at radius 2 is 1.92 bits per heavy atom. The molecule has 6 nitrogen and oxygen atoms in total. The Balaban J connectivity index is 1.78. The first-order chi connectivity index (χ1) is 11.1. The minimum absolute atomic E-state index is 0.0600. The van der Waals surface area contributed by atoms with Gasteiger partial charge in [-0.25, -0.2) is 14.8 Å². The summed E-state index contributed by atoms with van der Waals surface area (Å²) in [6.45, 7) is 8.14. The molecule has 24 heavy (non-hydrogen) atoms. The summed E-state index contributed by atoms with van der Waals surface area (Å²) in [4.78, 5) is 20.7. The highest BCUT2D eigenvalue weighted by Gasteiger charge is 2.34. The van der Waals surface area contributed by atoms with Gasteiger partial charge in [0.25, 0.3) is 0 Å². The third-order valence-corrected chi connectivity index (χ3v) is 3.88. The molecule has 1 aromatic heterocycles. The lowest BCUT2D eigenvalue weighted by atomic mass is 10.1. The number of urea groups is 1. The molecule has 1 atom stereocenters. The number of nitrogens with zero attached hydrogens (tertiary/aromatic N) is 3. The Hall–Kier alpha value is -1.90. The summed E-state index contributed by atoms with van der Waals surface area (Å²) in [5.74, 6) is -1.19. The molecular weight excluding hydrogens is 323 g/mol. The summed E-state index contributed by atoms with van der Waals surface area (Å²) in [7, 11) is 0. The van der Waals surface area contributed by atoms with E-state index in [1.165, 1.54) is 0 Å². The molecule has 1 unspecified atom stereocenters. The molecule has 134 valence electrons. The number of halogens is 3. The normalized spacial score (nSPS) is 19.3. The van der Waals surface area contributed by atoms with Crippen LogP contribution >= 0.6 is 0 Å². The lowest BCUT2D eigenvalue weighted by molar-refractivity contribution is -0.145. The standard InChI is InChI=1S/C15H22F3N5O/c1-14(2,3)23-5-4-11(9-23)22-13(24)21-8-10-6-19-12(20-7-10)15(16,17)18/h6-7,11H,4-5,8-9H2,1-3H3,(H2,21,22,24). The van der Waals surface area contributed by atoms with Gasteiger partial charge in [-0.1, -0.05) is 0 Å². The highest BCUT2D eigenvalue weighted by atomic mass is 19.4. The Morgan fingerprint density at radius 1 is 1.29 bits per heavy atom. The zero-order valence-corrected chi connectivity index (χ0v) is 13.9. The van der Waals surface area contributed by atoms with Crippen LogP contribution in [0, 0.1) is 0 Å². The van der Waals surface area contributed by atoms with Crippen LogP contribution in [0.1, 0.15) is 38.6 Å². The van der Waals surface area contributed by atoms with Crippen LogP contribution in [-0.2, 0) is 12.7 Å². The van der Waals surface area contributed by atoms with E-state index in [1.807, 2.05) is 0 Å². The van der Waals surface area contributed by atoms with Gasteiger partial charge in [-0.15, -0.1) is 0 Å². The van der Waals surface area contributed by atoms with Crippen LogP contribution < -0.4 is 10.6 Å². The number of hydrogen-bond acceptors (Lipinski definition) is 4. The van der Waals surface area contributed by atoms with E-state index in [-0.39, 0.29) is 24.2 Å². The average molecular weight is 345 g/mol. The van der Waals surface area contributed by atoms with Crippen molar-refractivity contribution in [2.45, 2.75) is 51.5 Å². The molecule has 2 rings (SSSR count). The van der Waals surface area contributed by atoms with Gasteiger partial charge in [0.15, 0.2) is 0 Å². The fourth-order valence-corrected chi connectivity index (χ4v) is 2.50. The van der Waals surface area contributed by atoms with E-state index in [2.05, 4.69) is 46.3 Å². The van der Waals surface area contributed by atoms with Gasteiger partial charge in [-0.05, 0) is 27.2 Å². The van der Waals surface area contributed by atoms with E-state index in [9.17, 15) is 18.0 Å². The minimum Gasteiger partial charge on any atom is -0.334 e. The quantitative estimate of drug-likeness (QED) is 0.881. The number of hydrogen-bond donors (Lipinski definition) is 2. The van der Waals surface area contributed by atoms with Gasteiger partial charge in [0.1, 0.15) is 0 Å². The molecule has 1 fully saturated rings. The van der Waals surface area contributed by atoms with Crippen molar-refractivity contribution < 1.29 is 18.0 Å². The first kappa shape index (κ1) is 18.4. The van der Waals surface area contributed by atoms with Crippen LogP contribution in [0.15, 0.2) is 12.4 Å². The molecule has 0 radical (unpaired) electrons. The van der Waals surface area contributed by atoms with Crippen molar-refractivity contribution in [3.8, 4) is 0 Å². The molecule has 0 spiro atoms. The summed E-state index contributed by atoms with van der Waals surface area (Å²) in [5, 5.41) is 5.48. The fourth-order valence-electron chi connectivity index (χ4n) is 2.50. The lowest BCUT2D eigenvalue weighted by Crippen LogP contribution is -2.45. The molecule has 1 saturated heterocycles. The van der Waals surface area contributed by atoms with Crippen LogP contribution in [0.5, 0.6) is 0 Å². The molecule has 2 amide bonds. The summed E-state index contributed by atoms with van der Waals surface area (Å²) in [5.41, 5.74) is 0.464. The summed E-state index contributed by atoms with van der Waals surface area (Å²) in [6, 6.07) is -0.288. The highest BCUT2D eigenvalue weighted by Crippen LogP contribution is 2.25. The summed E-state index contributed by atoms with van der Waals surface area (Å²) >= 11 is 0. The van der Waals surface area contributed by atoms with E-state index in [4.69, 9.17) is 0 Å². The smallest absolute Gasteiger partial charge is 0.334 e. The number of carbonyl (C=O) groups excluding carboxylic acids is 1. The second kappa shape index (κ2) is 6.92. The van der Waals surface area contributed by atoms with Crippen LogP contribution in [0.4, 0.5) is 18.0 Å². The number of rotatable bonds is 3. The maximum Gasteiger partial charge on any atom is 0.451 e. The average Bonchev–Trinajstić information content (AvgIpc) is 2.93. The monoisotopic (exact) mass is 345 g/mol. The molecule has 0 bridgehead atoms. The molecular formula is C15H22F3N5O. The van der Waals surface area contributed by atoms with Crippen LogP contribution in [0.25, 0.3) is 0 Å². The number of aromatic nitrogens is 2. The Bertz CT molecular complexity index is 568. The van der Waals surface area contributed by atoms with E-state index in [0.717, 1.165) is 31.9 Å². The molecule has 0 saturated carbocycles. The third-order valence-electron chi connectivity index (χ3n) is 3.88. The molecule has 1 aromatic rings. The highest BCUT2D eigenvalue weighted by molar-refractivity contribution is 5.74. The first-order valence-electron chi connectivity index (χ1n) is 7.73. The summed E-state index contributed by atoms with van der Waals surface area (Å²) in [6.07, 6.45) is -1.57. The zero-order chi connectivity index (χ0) is 18.0. The second-order valence-electron chi connectivity index (χ2n) is 6.84. The van der Waals surface area contributed by atoms with Crippen LogP contribution in [0.3, 0.4) is 0 Å². The zero-order valence-electron chi connectivity index (χ0n) is 13.9. The van der Waals surface area contributed by atoms with Crippen LogP contribution in [0.2, 0.25) is 0 Å². The largest absolute Gasteiger partial charge is 0.451 e. The number of likely N-dealkylation sites (tertiary alicyclic amines) is 1. The van der Waals surface area contributed by atoms with Crippen molar-refractivity contribution >= 4 is 6.03 Å². The fraction of sp³-hybridized carbons (Fsp3) is 0.667. The predicted molar refractivity (Wildman–Crippen MR) is 82.1 cm³/mol. The van der Waals surface area contributed by atoms with Gasteiger partial charge in [0, 0.05) is 49.2 Å². The van der Waals surface area contributed by atoms with Crippen molar-refractivity contribution in [3.05, 3.63) is 23.8 Å². The number of amides is 2. The third kappa shape index (κ3) is 5.05. The van der Waals surface area contributed by atoms with Crippen molar-refractivity contribution in [2.24, 2.45) is 0 Å². The second-order valence-corrected chi connectivity index (χ2v) is 6.84. The number of nitrogens with one attached hydrogen (secondary N) is 2. The van der Waals surface area contributed by atoms with Crippen molar-refractivity contribution in [1.29, 1.82) is 0 Å². The van der Waals surface area contributed by atoms with Gasteiger partial charge < -0.3 is 10.6 Å². The lowest BCUT2D eigenvalue weighted by Gasteiger charge is -2.31. The van der Waals surface area contributed by atoms with Gasteiger partial charge in [-0.3, -0.25) is 4.90 Å². The minimum atomic E-state index is -4.56. The maximum absolute atomic E-state index is 12.4. The molecule has 1 aliphatic rings. The van der Waals surface area contributed by atoms with E-state index >= 15 is 0 Å². The summed E-state index contributed by atoms with van der Waals surface area (Å²) < 4.78 is 37.1. The molecule has 0 aromatic carbocycles. The number of alkyl halides is 3. The van der Waals surface area contributed by atoms with Gasteiger partial charge in [0.2, 0.25) is 5.82 Å². The van der Waals surface area contributed by atoms with Crippen molar-refractivity contribution in [2.75, 3.05) is 13.1 Å². The molecule has 2 N–H and O–H groups in total. The molecule has 0 aliphatic carbocycles.